The molecule has 6 nitrogen and oxygen atoms in total. The summed E-state index contributed by atoms with van der Waals surface area (Å²) in [4.78, 5) is 2.42. The standard InChI is InChI=1S/C22H26N4O2S/c1-16-23-25(22(29)26(16)17-8-5-4-6-9-17)15-24-13-7-10-20(24)19-12-11-18(27-2)14-21(19)28-3/h4-6,8-9,11-12,14,20H,7,10,13,15H2,1-3H3. The van der Waals surface area contributed by atoms with Crippen LogP contribution in [0.2, 0.25) is 0 Å². The molecule has 1 fully saturated rings. The second-order valence-corrected chi connectivity index (χ2v) is 7.59. The first-order valence-corrected chi connectivity index (χ1v) is 10.2. The SMILES string of the molecule is COc1ccc(C2CCCN2Cn2nc(C)n(-c3ccccc3)c2=S)c(OC)c1. The van der Waals surface area contributed by atoms with Crippen molar-refractivity contribution in [2.75, 3.05) is 20.8 Å². The zero-order valence-electron chi connectivity index (χ0n) is 17.0. The fourth-order valence-corrected chi connectivity index (χ4v) is 4.43. The van der Waals surface area contributed by atoms with Gasteiger partial charge in [0.1, 0.15) is 17.3 Å². The van der Waals surface area contributed by atoms with E-state index in [9.17, 15) is 0 Å². The molecule has 0 radical (unpaired) electrons. The quantitative estimate of drug-likeness (QED) is 0.559. The summed E-state index contributed by atoms with van der Waals surface area (Å²) < 4.78 is 15.7. The maximum absolute atomic E-state index is 5.76. The molecule has 7 heteroatoms. The van der Waals surface area contributed by atoms with Gasteiger partial charge in [0.05, 0.1) is 20.9 Å². The van der Waals surface area contributed by atoms with E-state index in [4.69, 9.17) is 26.8 Å². The van der Waals surface area contributed by atoms with Crippen LogP contribution < -0.4 is 9.47 Å². The zero-order chi connectivity index (χ0) is 20.4. The minimum Gasteiger partial charge on any atom is -0.497 e. The molecule has 1 aliphatic heterocycles. The number of likely N-dealkylation sites (tertiary alicyclic amines) is 1. The molecule has 1 aliphatic rings. The molecular weight excluding hydrogens is 384 g/mol. The summed E-state index contributed by atoms with van der Waals surface area (Å²) in [5, 5.41) is 4.73. The van der Waals surface area contributed by atoms with Crippen molar-refractivity contribution in [1.82, 2.24) is 19.2 Å². The second kappa shape index (κ2) is 8.39. The maximum Gasteiger partial charge on any atom is 0.203 e. The Morgan fingerprint density at radius 2 is 1.90 bits per heavy atom. The Hall–Kier alpha value is -2.64. The molecule has 1 unspecified atom stereocenters. The van der Waals surface area contributed by atoms with Crippen LogP contribution in [-0.4, -0.2) is 40.0 Å². The first-order chi connectivity index (χ1) is 14.1. The molecule has 1 aromatic heterocycles. The number of nitrogens with zero attached hydrogens (tertiary/aromatic N) is 4. The molecule has 0 saturated carbocycles. The molecule has 29 heavy (non-hydrogen) atoms. The lowest BCUT2D eigenvalue weighted by molar-refractivity contribution is 0.186. The number of aromatic nitrogens is 3. The van der Waals surface area contributed by atoms with E-state index < -0.39 is 0 Å². The minimum absolute atomic E-state index is 0.264. The van der Waals surface area contributed by atoms with E-state index in [0.717, 1.165) is 42.4 Å². The van der Waals surface area contributed by atoms with Gasteiger partial charge in [-0.25, -0.2) is 4.68 Å². The smallest absolute Gasteiger partial charge is 0.203 e. The second-order valence-electron chi connectivity index (χ2n) is 7.22. The molecule has 0 amide bonds. The highest BCUT2D eigenvalue weighted by Crippen LogP contribution is 2.38. The number of hydrogen-bond donors (Lipinski definition) is 0. The molecule has 1 saturated heterocycles. The zero-order valence-corrected chi connectivity index (χ0v) is 17.9. The van der Waals surface area contributed by atoms with Gasteiger partial charge in [-0.05, 0) is 50.2 Å². The Morgan fingerprint density at radius 3 is 2.62 bits per heavy atom. The molecule has 2 aromatic carbocycles. The van der Waals surface area contributed by atoms with Gasteiger partial charge in [-0.15, -0.1) is 0 Å². The Morgan fingerprint density at radius 1 is 1.10 bits per heavy atom. The summed E-state index contributed by atoms with van der Waals surface area (Å²) >= 11 is 5.76. The van der Waals surface area contributed by atoms with Crippen LogP contribution in [0.3, 0.4) is 0 Å². The van der Waals surface area contributed by atoms with E-state index in [1.807, 2.05) is 46.5 Å². The third-order valence-corrected chi connectivity index (χ3v) is 5.89. The normalized spacial score (nSPS) is 16.9. The summed E-state index contributed by atoms with van der Waals surface area (Å²) in [7, 11) is 3.38. The van der Waals surface area contributed by atoms with Crippen molar-refractivity contribution in [3.05, 3.63) is 64.7 Å². The van der Waals surface area contributed by atoms with Gasteiger partial charge < -0.3 is 9.47 Å². The number of methoxy groups -OCH3 is 2. The maximum atomic E-state index is 5.76. The first-order valence-electron chi connectivity index (χ1n) is 9.80. The van der Waals surface area contributed by atoms with Crippen molar-refractivity contribution in [2.24, 2.45) is 0 Å². The van der Waals surface area contributed by atoms with Crippen LogP contribution in [-0.2, 0) is 6.67 Å². The van der Waals surface area contributed by atoms with Crippen LogP contribution in [0.5, 0.6) is 11.5 Å². The lowest BCUT2D eigenvalue weighted by Crippen LogP contribution is -2.27. The van der Waals surface area contributed by atoms with Crippen LogP contribution in [0, 0.1) is 11.7 Å². The Bertz CT molecular complexity index is 1040. The number of rotatable bonds is 6. The van der Waals surface area contributed by atoms with Gasteiger partial charge in [0.25, 0.3) is 0 Å². The van der Waals surface area contributed by atoms with E-state index in [0.29, 0.717) is 11.4 Å². The average Bonchev–Trinajstić information content (AvgIpc) is 3.32. The molecule has 0 bridgehead atoms. The Kier molecular flexibility index (Phi) is 5.69. The summed E-state index contributed by atoms with van der Waals surface area (Å²) in [6.07, 6.45) is 2.21. The monoisotopic (exact) mass is 410 g/mol. The van der Waals surface area contributed by atoms with Crippen LogP contribution in [0.4, 0.5) is 0 Å². The topological polar surface area (TPSA) is 44.5 Å². The van der Waals surface area contributed by atoms with E-state index in [1.165, 1.54) is 5.56 Å². The van der Waals surface area contributed by atoms with Gasteiger partial charge in [0, 0.05) is 29.9 Å². The molecule has 3 aromatic rings. The van der Waals surface area contributed by atoms with Crippen LogP contribution in [0.25, 0.3) is 5.69 Å². The van der Waals surface area contributed by atoms with Gasteiger partial charge in [-0.1, -0.05) is 24.3 Å². The fraction of sp³-hybridized carbons (Fsp3) is 0.364. The van der Waals surface area contributed by atoms with Crippen LogP contribution >= 0.6 is 12.2 Å². The first kappa shape index (κ1) is 19.7. The van der Waals surface area contributed by atoms with E-state index >= 15 is 0 Å². The van der Waals surface area contributed by atoms with E-state index in [-0.39, 0.29) is 6.04 Å². The highest BCUT2D eigenvalue weighted by atomic mass is 32.1. The van der Waals surface area contributed by atoms with Crippen molar-refractivity contribution >= 4 is 12.2 Å². The lowest BCUT2D eigenvalue weighted by Gasteiger charge is -2.26. The van der Waals surface area contributed by atoms with Crippen molar-refractivity contribution in [3.8, 4) is 17.2 Å². The predicted molar refractivity (Wildman–Crippen MR) is 115 cm³/mol. The largest absolute Gasteiger partial charge is 0.497 e. The highest BCUT2D eigenvalue weighted by Gasteiger charge is 2.29. The summed E-state index contributed by atoms with van der Waals surface area (Å²) in [6, 6.07) is 16.4. The van der Waals surface area contributed by atoms with E-state index in [2.05, 4.69) is 23.1 Å². The van der Waals surface area contributed by atoms with Gasteiger partial charge in [-0.3, -0.25) is 9.47 Å². The lowest BCUT2D eigenvalue weighted by atomic mass is 10.0. The van der Waals surface area contributed by atoms with Crippen molar-refractivity contribution in [3.63, 3.8) is 0 Å². The molecule has 2 heterocycles. The minimum atomic E-state index is 0.264. The van der Waals surface area contributed by atoms with Crippen molar-refractivity contribution in [1.29, 1.82) is 0 Å². The number of hydrogen-bond acceptors (Lipinski definition) is 5. The number of para-hydroxylation sites is 1. The number of ether oxygens (including phenoxy) is 2. The molecule has 0 spiro atoms. The summed E-state index contributed by atoms with van der Waals surface area (Å²) in [5.41, 5.74) is 2.22. The number of benzene rings is 2. The van der Waals surface area contributed by atoms with Crippen LogP contribution in [0.1, 0.15) is 30.3 Å². The summed E-state index contributed by atoms with van der Waals surface area (Å²) in [6.45, 7) is 3.64. The molecule has 4 rings (SSSR count). The Labute approximate surface area is 176 Å². The molecule has 152 valence electrons. The van der Waals surface area contributed by atoms with Gasteiger partial charge in [0.15, 0.2) is 0 Å². The summed E-state index contributed by atoms with van der Waals surface area (Å²) in [5.74, 6) is 2.55. The number of aryl methyl sites for hydroxylation is 1. The van der Waals surface area contributed by atoms with E-state index in [1.54, 1.807) is 14.2 Å². The van der Waals surface area contributed by atoms with Gasteiger partial charge in [0.2, 0.25) is 4.77 Å². The highest BCUT2D eigenvalue weighted by molar-refractivity contribution is 7.71. The fourth-order valence-electron chi connectivity index (χ4n) is 4.10. The van der Waals surface area contributed by atoms with Gasteiger partial charge >= 0.3 is 0 Å². The molecular formula is C22H26N4O2S. The van der Waals surface area contributed by atoms with Crippen molar-refractivity contribution < 1.29 is 9.47 Å². The van der Waals surface area contributed by atoms with Crippen molar-refractivity contribution in [2.45, 2.75) is 32.5 Å². The molecule has 0 aliphatic carbocycles. The van der Waals surface area contributed by atoms with Crippen LogP contribution in [0.15, 0.2) is 48.5 Å². The molecule has 0 N–H and O–H groups in total. The third kappa shape index (κ3) is 3.80. The molecule has 1 atom stereocenters. The average molecular weight is 411 g/mol. The third-order valence-electron chi connectivity index (χ3n) is 5.49. The van der Waals surface area contributed by atoms with Gasteiger partial charge in [-0.2, -0.15) is 5.10 Å². The predicted octanol–water partition coefficient (Wildman–Crippen LogP) is 4.52. The Balaban J connectivity index is 1.63.